The van der Waals surface area contributed by atoms with E-state index in [9.17, 15) is 4.79 Å². The van der Waals surface area contributed by atoms with Crippen molar-refractivity contribution in [2.45, 2.75) is 0 Å². The minimum absolute atomic E-state index is 0.0766. The Balaban J connectivity index is 2.58. The molecule has 0 fully saturated rings. The lowest BCUT2D eigenvalue weighted by Gasteiger charge is -2.20. The van der Waals surface area contributed by atoms with Crippen molar-refractivity contribution in [2.75, 3.05) is 32.1 Å². The molecule has 15 heavy (non-hydrogen) atoms. The van der Waals surface area contributed by atoms with E-state index in [1.165, 1.54) is 11.3 Å². The van der Waals surface area contributed by atoms with Crippen LogP contribution in [-0.2, 0) is 4.74 Å². The van der Waals surface area contributed by atoms with Gasteiger partial charge < -0.3 is 9.64 Å². The average Bonchev–Trinajstić information content (AvgIpc) is 2.76. The van der Waals surface area contributed by atoms with E-state index in [0.29, 0.717) is 19.7 Å². The number of nitrogens with zero attached hydrogens (tertiary/aromatic N) is 1. The second-order valence-corrected chi connectivity index (χ2v) is 4.56. The van der Waals surface area contributed by atoms with E-state index < -0.39 is 0 Å². The lowest BCUT2D eigenvalue weighted by Crippen LogP contribution is -2.35. The zero-order valence-corrected chi connectivity index (χ0v) is 11.0. The van der Waals surface area contributed by atoms with Crippen molar-refractivity contribution in [1.29, 1.82) is 0 Å². The van der Waals surface area contributed by atoms with Crippen molar-refractivity contribution in [3.8, 4) is 0 Å². The average molecular weight is 292 g/mol. The highest BCUT2D eigenvalue weighted by Crippen LogP contribution is 2.09. The SMILES string of the molecule is COCCN(CCBr)C(=O)c1ccsc1. The molecule has 3 nitrogen and oxygen atoms in total. The Kier molecular flexibility index (Phi) is 5.90. The molecule has 1 amide bonds. The number of carbonyl (C=O) groups is 1. The Hall–Kier alpha value is -0.390. The van der Waals surface area contributed by atoms with Gasteiger partial charge in [-0.3, -0.25) is 4.79 Å². The lowest BCUT2D eigenvalue weighted by molar-refractivity contribution is 0.0709. The molecule has 0 radical (unpaired) electrons. The summed E-state index contributed by atoms with van der Waals surface area (Å²) in [5.74, 6) is 0.0766. The van der Waals surface area contributed by atoms with Crippen LogP contribution in [0.4, 0.5) is 0 Å². The Morgan fingerprint density at radius 1 is 1.60 bits per heavy atom. The maximum absolute atomic E-state index is 12.0. The molecule has 5 heteroatoms. The van der Waals surface area contributed by atoms with Gasteiger partial charge in [0.2, 0.25) is 0 Å². The highest BCUT2D eigenvalue weighted by atomic mass is 79.9. The molecule has 84 valence electrons. The molecule has 0 spiro atoms. The van der Waals surface area contributed by atoms with Crippen LogP contribution in [0.25, 0.3) is 0 Å². The quantitative estimate of drug-likeness (QED) is 0.753. The standard InChI is InChI=1S/C10H14BrNO2S/c1-14-6-5-12(4-3-11)10(13)9-2-7-15-8-9/h2,7-8H,3-6H2,1H3. The van der Waals surface area contributed by atoms with Crippen LogP contribution >= 0.6 is 27.3 Å². The Bertz CT molecular complexity index is 290. The normalized spacial score (nSPS) is 10.3. The van der Waals surface area contributed by atoms with E-state index in [1.54, 1.807) is 12.0 Å². The summed E-state index contributed by atoms with van der Waals surface area (Å²) in [6.07, 6.45) is 0. The molecule has 1 aromatic heterocycles. The van der Waals surface area contributed by atoms with Crippen LogP contribution in [0.2, 0.25) is 0 Å². The van der Waals surface area contributed by atoms with E-state index in [-0.39, 0.29) is 5.91 Å². The van der Waals surface area contributed by atoms with Crippen molar-refractivity contribution in [2.24, 2.45) is 0 Å². The molecule has 1 heterocycles. The van der Waals surface area contributed by atoms with Gasteiger partial charge in [0.05, 0.1) is 12.2 Å². The molecule has 0 aliphatic rings. The summed E-state index contributed by atoms with van der Waals surface area (Å²) in [5.41, 5.74) is 0.761. The van der Waals surface area contributed by atoms with E-state index in [0.717, 1.165) is 10.9 Å². The van der Waals surface area contributed by atoms with Gasteiger partial charge in [0.25, 0.3) is 5.91 Å². The molecule has 0 bridgehead atoms. The third-order valence-electron chi connectivity index (χ3n) is 1.98. The van der Waals surface area contributed by atoms with E-state index in [1.807, 2.05) is 16.8 Å². The number of methoxy groups -OCH3 is 1. The number of hydrogen-bond acceptors (Lipinski definition) is 3. The highest BCUT2D eigenvalue weighted by molar-refractivity contribution is 9.09. The molecule has 0 atom stereocenters. The fraction of sp³-hybridized carbons (Fsp3) is 0.500. The summed E-state index contributed by atoms with van der Waals surface area (Å²) >= 11 is 4.88. The Morgan fingerprint density at radius 2 is 2.40 bits per heavy atom. The molecule has 0 unspecified atom stereocenters. The van der Waals surface area contributed by atoms with Gasteiger partial charge in [-0.1, -0.05) is 15.9 Å². The highest BCUT2D eigenvalue weighted by Gasteiger charge is 2.14. The molecular formula is C10H14BrNO2S. The fourth-order valence-corrected chi connectivity index (χ4v) is 2.24. The van der Waals surface area contributed by atoms with Crippen LogP contribution in [0.1, 0.15) is 10.4 Å². The van der Waals surface area contributed by atoms with Gasteiger partial charge in [-0.25, -0.2) is 0 Å². The minimum atomic E-state index is 0.0766. The van der Waals surface area contributed by atoms with Crippen molar-refractivity contribution >= 4 is 33.2 Å². The first-order valence-electron chi connectivity index (χ1n) is 4.66. The molecule has 0 saturated heterocycles. The van der Waals surface area contributed by atoms with E-state index in [4.69, 9.17) is 4.74 Å². The van der Waals surface area contributed by atoms with Gasteiger partial charge in [-0.2, -0.15) is 11.3 Å². The number of rotatable bonds is 6. The van der Waals surface area contributed by atoms with Crippen molar-refractivity contribution < 1.29 is 9.53 Å². The summed E-state index contributed by atoms with van der Waals surface area (Å²) in [5, 5.41) is 4.57. The summed E-state index contributed by atoms with van der Waals surface area (Å²) in [6, 6.07) is 1.85. The smallest absolute Gasteiger partial charge is 0.254 e. The maximum Gasteiger partial charge on any atom is 0.254 e. The third kappa shape index (κ3) is 3.93. The summed E-state index contributed by atoms with van der Waals surface area (Å²) < 4.78 is 4.98. The molecule has 0 aliphatic heterocycles. The Morgan fingerprint density at radius 3 is 2.93 bits per heavy atom. The summed E-state index contributed by atoms with van der Waals surface area (Å²) in [7, 11) is 1.64. The summed E-state index contributed by atoms with van der Waals surface area (Å²) in [4.78, 5) is 13.7. The van der Waals surface area contributed by atoms with Gasteiger partial charge in [-0.05, 0) is 11.4 Å². The molecule has 0 saturated carbocycles. The van der Waals surface area contributed by atoms with Gasteiger partial charge in [-0.15, -0.1) is 0 Å². The number of thiophene rings is 1. The van der Waals surface area contributed by atoms with Crippen LogP contribution in [0.3, 0.4) is 0 Å². The number of hydrogen-bond donors (Lipinski definition) is 0. The number of ether oxygens (including phenoxy) is 1. The van der Waals surface area contributed by atoms with Crippen LogP contribution in [0.15, 0.2) is 16.8 Å². The fourth-order valence-electron chi connectivity index (χ4n) is 1.19. The molecular weight excluding hydrogens is 278 g/mol. The maximum atomic E-state index is 12.0. The molecule has 0 aromatic carbocycles. The molecule has 1 rings (SSSR count). The van der Waals surface area contributed by atoms with Crippen LogP contribution in [-0.4, -0.2) is 42.9 Å². The van der Waals surface area contributed by atoms with Crippen molar-refractivity contribution in [3.05, 3.63) is 22.4 Å². The summed E-state index contributed by atoms with van der Waals surface area (Å²) in [6.45, 7) is 1.91. The molecule has 0 aliphatic carbocycles. The van der Waals surface area contributed by atoms with Gasteiger partial charge >= 0.3 is 0 Å². The predicted octanol–water partition coefficient (Wildman–Crippen LogP) is 2.23. The first-order chi connectivity index (χ1) is 7.29. The van der Waals surface area contributed by atoms with Crippen LogP contribution < -0.4 is 0 Å². The molecule has 1 aromatic rings. The first-order valence-corrected chi connectivity index (χ1v) is 6.72. The van der Waals surface area contributed by atoms with E-state index >= 15 is 0 Å². The van der Waals surface area contributed by atoms with Crippen molar-refractivity contribution in [3.63, 3.8) is 0 Å². The van der Waals surface area contributed by atoms with Gasteiger partial charge in [0, 0.05) is 30.9 Å². The second kappa shape index (κ2) is 6.98. The minimum Gasteiger partial charge on any atom is -0.383 e. The monoisotopic (exact) mass is 291 g/mol. The Labute approximate surface area is 102 Å². The number of amides is 1. The zero-order chi connectivity index (χ0) is 11.1. The predicted molar refractivity (Wildman–Crippen MR) is 65.9 cm³/mol. The van der Waals surface area contributed by atoms with Crippen LogP contribution in [0, 0.1) is 0 Å². The van der Waals surface area contributed by atoms with Crippen molar-refractivity contribution in [1.82, 2.24) is 4.90 Å². The topological polar surface area (TPSA) is 29.5 Å². The van der Waals surface area contributed by atoms with E-state index in [2.05, 4.69) is 15.9 Å². The first kappa shape index (κ1) is 12.7. The van der Waals surface area contributed by atoms with Gasteiger partial charge in [0.1, 0.15) is 0 Å². The molecule has 0 N–H and O–H groups in total. The number of alkyl halides is 1. The lowest BCUT2D eigenvalue weighted by atomic mass is 10.3. The largest absolute Gasteiger partial charge is 0.383 e. The second-order valence-electron chi connectivity index (χ2n) is 2.99. The third-order valence-corrected chi connectivity index (χ3v) is 3.01. The van der Waals surface area contributed by atoms with Gasteiger partial charge in [0.15, 0.2) is 0 Å². The zero-order valence-electron chi connectivity index (χ0n) is 8.61. The number of carbonyl (C=O) groups excluding carboxylic acids is 1. The van der Waals surface area contributed by atoms with Crippen LogP contribution in [0.5, 0.6) is 0 Å². The number of halogens is 1.